The van der Waals surface area contributed by atoms with Gasteiger partial charge >= 0.3 is 0 Å². The highest BCUT2D eigenvalue weighted by atomic mass is 79.9. The second-order valence-corrected chi connectivity index (χ2v) is 4.48. The molecule has 94 valence electrons. The van der Waals surface area contributed by atoms with Crippen molar-refractivity contribution < 1.29 is 14.4 Å². The van der Waals surface area contributed by atoms with Crippen molar-refractivity contribution in [3.05, 3.63) is 40.5 Å². The minimum Gasteiger partial charge on any atom is -0.395 e. The van der Waals surface area contributed by atoms with E-state index >= 15 is 0 Å². The number of benzene rings is 1. The predicted octanol–water partition coefficient (Wildman–Crippen LogP) is 1.83. The van der Waals surface area contributed by atoms with Gasteiger partial charge in [-0.1, -0.05) is 33.2 Å². The van der Waals surface area contributed by atoms with Crippen LogP contribution in [0.1, 0.15) is 10.5 Å². The molecule has 1 amide bonds. The second-order valence-electron chi connectivity index (χ2n) is 3.56. The number of aliphatic hydroxyl groups excluding tert-OH is 1. The maximum absolute atomic E-state index is 11.6. The highest BCUT2D eigenvalue weighted by molar-refractivity contribution is 9.10. The van der Waals surface area contributed by atoms with E-state index < -0.39 is 0 Å². The van der Waals surface area contributed by atoms with Crippen LogP contribution >= 0.6 is 15.9 Å². The van der Waals surface area contributed by atoms with Gasteiger partial charge in [0.05, 0.1) is 6.61 Å². The van der Waals surface area contributed by atoms with Crippen LogP contribution in [-0.4, -0.2) is 29.3 Å². The number of halogens is 1. The summed E-state index contributed by atoms with van der Waals surface area (Å²) in [4.78, 5) is 11.6. The van der Waals surface area contributed by atoms with E-state index in [1.54, 1.807) is 6.07 Å². The normalized spacial score (nSPS) is 10.3. The number of amides is 1. The predicted molar refractivity (Wildman–Crippen MR) is 69.1 cm³/mol. The summed E-state index contributed by atoms with van der Waals surface area (Å²) < 4.78 is 6.07. The first-order valence-corrected chi connectivity index (χ1v) is 6.11. The van der Waals surface area contributed by atoms with Gasteiger partial charge < -0.3 is 14.9 Å². The summed E-state index contributed by atoms with van der Waals surface area (Å²) in [6, 6.07) is 9.04. The van der Waals surface area contributed by atoms with Crippen molar-refractivity contribution in [1.82, 2.24) is 10.5 Å². The van der Waals surface area contributed by atoms with Crippen LogP contribution in [0.15, 0.2) is 39.3 Å². The van der Waals surface area contributed by atoms with Gasteiger partial charge in [0.2, 0.25) is 0 Å². The number of carbonyl (C=O) groups is 1. The third-order valence-electron chi connectivity index (χ3n) is 2.27. The minimum absolute atomic E-state index is 0.108. The summed E-state index contributed by atoms with van der Waals surface area (Å²) in [6.07, 6.45) is 0. The summed E-state index contributed by atoms with van der Waals surface area (Å²) >= 11 is 3.34. The Bertz CT molecular complexity index is 537. The molecule has 0 aliphatic carbocycles. The van der Waals surface area contributed by atoms with Gasteiger partial charge in [0, 0.05) is 22.6 Å². The van der Waals surface area contributed by atoms with Crippen LogP contribution in [0, 0.1) is 0 Å². The lowest BCUT2D eigenvalue weighted by molar-refractivity contribution is 0.0936. The minimum atomic E-state index is -0.365. The maximum atomic E-state index is 11.6. The maximum Gasteiger partial charge on any atom is 0.273 e. The molecular weight excluding hydrogens is 300 g/mol. The summed E-state index contributed by atoms with van der Waals surface area (Å²) in [5.41, 5.74) is 1.04. The molecule has 0 aliphatic rings. The number of carbonyl (C=O) groups excluding carboxylic acids is 1. The number of nitrogens with one attached hydrogen (secondary N) is 1. The number of aromatic nitrogens is 1. The van der Waals surface area contributed by atoms with E-state index in [0.717, 1.165) is 10.0 Å². The summed E-state index contributed by atoms with van der Waals surface area (Å²) in [5.74, 6) is 0.160. The van der Waals surface area contributed by atoms with E-state index in [1.807, 2.05) is 24.3 Å². The first-order chi connectivity index (χ1) is 8.70. The Hall–Kier alpha value is -1.66. The Morgan fingerprint density at radius 3 is 2.78 bits per heavy atom. The fraction of sp³-hybridized carbons (Fsp3) is 0.167. The van der Waals surface area contributed by atoms with Gasteiger partial charge in [-0.25, -0.2) is 0 Å². The van der Waals surface area contributed by atoms with E-state index in [4.69, 9.17) is 9.63 Å². The zero-order valence-corrected chi connectivity index (χ0v) is 11.0. The first kappa shape index (κ1) is 12.8. The summed E-state index contributed by atoms with van der Waals surface area (Å²) in [6.45, 7) is 0.0858. The van der Waals surface area contributed by atoms with Gasteiger partial charge in [-0.05, 0) is 12.1 Å². The average molecular weight is 311 g/mol. The molecule has 0 spiro atoms. The molecule has 6 heteroatoms. The van der Waals surface area contributed by atoms with Crippen molar-refractivity contribution in [2.24, 2.45) is 0 Å². The van der Waals surface area contributed by atoms with Crippen molar-refractivity contribution in [2.75, 3.05) is 13.2 Å². The second kappa shape index (κ2) is 5.79. The van der Waals surface area contributed by atoms with Gasteiger partial charge in [-0.3, -0.25) is 4.79 Å². The molecule has 1 aromatic carbocycles. The number of aliphatic hydroxyl groups is 1. The lowest BCUT2D eigenvalue weighted by Gasteiger charge is -1.97. The zero-order valence-electron chi connectivity index (χ0n) is 9.39. The largest absolute Gasteiger partial charge is 0.395 e. The SMILES string of the molecule is O=C(NCCO)c1cc(-c2ccc(Br)cc2)on1. The molecule has 2 aromatic rings. The molecular formula is C12H11BrN2O3. The van der Waals surface area contributed by atoms with Gasteiger partial charge in [0.25, 0.3) is 5.91 Å². The Morgan fingerprint density at radius 1 is 1.39 bits per heavy atom. The molecule has 0 saturated carbocycles. The smallest absolute Gasteiger partial charge is 0.273 e. The molecule has 2 rings (SSSR count). The molecule has 0 atom stereocenters. The molecule has 1 heterocycles. The molecule has 0 fully saturated rings. The van der Waals surface area contributed by atoms with Crippen LogP contribution in [0.3, 0.4) is 0 Å². The molecule has 1 aromatic heterocycles. The van der Waals surface area contributed by atoms with E-state index in [1.165, 1.54) is 0 Å². The van der Waals surface area contributed by atoms with Crippen molar-refractivity contribution in [2.45, 2.75) is 0 Å². The molecule has 0 aliphatic heterocycles. The van der Waals surface area contributed by atoms with E-state index in [2.05, 4.69) is 26.4 Å². The molecule has 18 heavy (non-hydrogen) atoms. The van der Waals surface area contributed by atoms with Gasteiger partial charge in [-0.15, -0.1) is 0 Å². The van der Waals surface area contributed by atoms with Crippen molar-refractivity contribution >= 4 is 21.8 Å². The molecule has 0 bridgehead atoms. The van der Waals surface area contributed by atoms with E-state index in [9.17, 15) is 4.79 Å². The lowest BCUT2D eigenvalue weighted by atomic mass is 10.1. The van der Waals surface area contributed by atoms with Crippen LogP contribution in [-0.2, 0) is 0 Å². The number of nitrogens with zero attached hydrogens (tertiary/aromatic N) is 1. The van der Waals surface area contributed by atoms with Crippen LogP contribution in [0.4, 0.5) is 0 Å². The lowest BCUT2D eigenvalue weighted by Crippen LogP contribution is -2.26. The van der Waals surface area contributed by atoms with Crippen LogP contribution in [0.5, 0.6) is 0 Å². The molecule has 0 saturated heterocycles. The van der Waals surface area contributed by atoms with Crippen LogP contribution in [0.25, 0.3) is 11.3 Å². The average Bonchev–Trinajstić information content (AvgIpc) is 2.86. The number of rotatable bonds is 4. The highest BCUT2D eigenvalue weighted by Gasteiger charge is 2.12. The van der Waals surface area contributed by atoms with Gasteiger partial charge in [-0.2, -0.15) is 0 Å². The van der Waals surface area contributed by atoms with E-state index in [-0.39, 0.29) is 24.8 Å². The standard InChI is InChI=1S/C12H11BrN2O3/c13-9-3-1-8(2-4-9)11-7-10(15-18-11)12(17)14-5-6-16/h1-4,7,16H,5-6H2,(H,14,17). The van der Waals surface area contributed by atoms with Crippen molar-refractivity contribution in [3.8, 4) is 11.3 Å². The fourth-order valence-electron chi connectivity index (χ4n) is 1.39. The highest BCUT2D eigenvalue weighted by Crippen LogP contribution is 2.22. The topological polar surface area (TPSA) is 75.4 Å². The Balaban J connectivity index is 2.15. The van der Waals surface area contributed by atoms with Gasteiger partial charge in [0.15, 0.2) is 11.5 Å². The molecule has 2 N–H and O–H groups in total. The van der Waals surface area contributed by atoms with Gasteiger partial charge in [0.1, 0.15) is 0 Å². The van der Waals surface area contributed by atoms with Crippen LogP contribution < -0.4 is 5.32 Å². The fourth-order valence-corrected chi connectivity index (χ4v) is 1.66. The monoisotopic (exact) mass is 310 g/mol. The quantitative estimate of drug-likeness (QED) is 0.903. The Labute approximate surface area is 112 Å². The first-order valence-electron chi connectivity index (χ1n) is 5.32. The number of hydrogen-bond acceptors (Lipinski definition) is 4. The number of hydrogen-bond donors (Lipinski definition) is 2. The zero-order chi connectivity index (χ0) is 13.0. The van der Waals surface area contributed by atoms with E-state index in [0.29, 0.717) is 5.76 Å². The van der Waals surface area contributed by atoms with Crippen LogP contribution in [0.2, 0.25) is 0 Å². The van der Waals surface area contributed by atoms with Crippen molar-refractivity contribution in [3.63, 3.8) is 0 Å². The Morgan fingerprint density at radius 2 is 2.11 bits per heavy atom. The summed E-state index contributed by atoms with van der Waals surface area (Å²) in [5, 5.41) is 14.8. The molecule has 5 nitrogen and oxygen atoms in total. The summed E-state index contributed by atoms with van der Waals surface area (Å²) in [7, 11) is 0. The van der Waals surface area contributed by atoms with Crippen molar-refractivity contribution in [1.29, 1.82) is 0 Å². The Kier molecular flexibility index (Phi) is 4.11. The molecule has 0 unspecified atom stereocenters. The third kappa shape index (κ3) is 2.96. The third-order valence-corrected chi connectivity index (χ3v) is 2.80. The molecule has 0 radical (unpaired) electrons.